The van der Waals surface area contributed by atoms with Crippen molar-refractivity contribution in [2.24, 2.45) is 5.92 Å². The van der Waals surface area contributed by atoms with E-state index >= 15 is 0 Å². The van der Waals surface area contributed by atoms with Gasteiger partial charge in [0.15, 0.2) is 0 Å². The summed E-state index contributed by atoms with van der Waals surface area (Å²) in [6, 6.07) is 15.3. The zero-order valence-corrected chi connectivity index (χ0v) is 19.8. The second-order valence-electron chi connectivity index (χ2n) is 8.24. The lowest BCUT2D eigenvalue weighted by atomic mass is 9.83. The minimum atomic E-state index is -0.0986. The average Bonchev–Trinajstić information content (AvgIpc) is 2.81. The number of thioether (sulfide) groups is 1. The molecule has 0 bridgehead atoms. The number of ether oxygens (including phenoxy) is 1. The molecule has 1 saturated carbocycles. The summed E-state index contributed by atoms with van der Waals surface area (Å²) in [5.41, 5.74) is 1.85. The number of hydrogen-bond donors (Lipinski definition) is 1. The molecule has 2 aromatic carbocycles. The van der Waals surface area contributed by atoms with Crippen molar-refractivity contribution >= 4 is 41.3 Å². The van der Waals surface area contributed by atoms with Crippen LogP contribution in [-0.2, 0) is 16.1 Å². The van der Waals surface area contributed by atoms with Gasteiger partial charge in [-0.3, -0.25) is 9.59 Å². The van der Waals surface area contributed by atoms with Crippen LogP contribution in [0.2, 0.25) is 5.02 Å². The number of nitrogens with one attached hydrogen (secondary N) is 1. The van der Waals surface area contributed by atoms with Crippen molar-refractivity contribution in [2.75, 3.05) is 14.2 Å². The van der Waals surface area contributed by atoms with Crippen molar-refractivity contribution in [3.05, 3.63) is 69.6 Å². The fourth-order valence-electron chi connectivity index (χ4n) is 4.39. The first kappa shape index (κ1) is 22.7. The van der Waals surface area contributed by atoms with Crippen LogP contribution in [0.25, 0.3) is 6.08 Å². The Balaban J connectivity index is 1.40. The summed E-state index contributed by atoms with van der Waals surface area (Å²) in [6.45, 7) is 0.417. The van der Waals surface area contributed by atoms with Gasteiger partial charge >= 0.3 is 0 Å². The van der Waals surface area contributed by atoms with E-state index in [9.17, 15) is 9.59 Å². The predicted molar refractivity (Wildman–Crippen MR) is 130 cm³/mol. The molecule has 4 rings (SSSR count). The molecule has 168 valence electrons. The number of fused-ring (bicyclic) bond motifs is 1. The Labute approximate surface area is 198 Å². The highest BCUT2D eigenvalue weighted by molar-refractivity contribution is 8.04. The topological polar surface area (TPSA) is 58.6 Å². The smallest absolute Gasteiger partial charge is 0.260 e. The van der Waals surface area contributed by atoms with E-state index in [0.717, 1.165) is 34.6 Å². The fourth-order valence-corrected chi connectivity index (χ4v) is 6.07. The van der Waals surface area contributed by atoms with Crippen LogP contribution in [-0.4, -0.2) is 42.2 Å². The van der Waals surface area contributed by atoms with E-state index in [1.165, 1.54) is 0 Å². The molecule has 0 radical (unpaired) electrons. The summed E-state index contributed by atoms with van der Waals surface area (Å²) < 4.78 is 5.29. The van der Waals surface area contributed by atoms with Crippen LogP contribution < -0.4 is 10.1 Å². The minimum Gasteiger partial charge on any atom is -0.497 e. The van der Waals surface area contributed by atoms with Crippen LogP contribution in [0.3, 0.4) is 0 Å². The van der Waals surface area contributed by atoms with Crippen molar-refractivity contribution in [3.8, 4) is 5.75 Å². The van der Waals surface area contributed by atoms with E-state index in [1.807, 2.05) is 66.6 Å². The summed E-state index contributed by atoms with van der Waals surface area (Å²) in [5.74, 6) is 0.712. The molecular formula is C25H27ClN2O3S. The van der Waals surface area contributed by atoms with E-state index in [4.69, 9.17) is 16.3 Å². The maximum absolute atomic E-state index is 13.1. The lowest BCUT2D eigenvalue weighted by Crippen LogP contribution is -2.52. The zero-order chi connectivity index (χ0) is 22.7. The number of amides is 2. The number of halogens is 1. The Morgan fingerprint density at radius 1 is 1.25 bits per heavy atom. The number of hydrogen-bond acceptors (Lipinski definition) is 4. The first-order chi connectivity index (χ1) is 15.5. The fraction of sp³-hybridized carbons (Fsp3) is 0.360. The molecule has 2 aliphatic rings. The molecule has 5 nitrogen and oxygen atoms in total. The van der Waals surface area contributed by atoms with Gasteiger partial charge in [-0.25, -0.2) is 0 Å². The van der Waals surface area contributed by atoms with Crippen LogP contribution in [0.4, 0.5) is 0 Å². The van der Waals surface area contributed by atoms with Crippen LogP contribution in [0.1, 0.15) is 30.4 Å². The maximum Gasteiger partial charge on any atom is 0.260 e. The molecule has 1 heterocycles. The summed E-state index contributed by atoms with van der Waals surface area (Å²) in [7, 11) is 3.48. The van der Waals surface area contributed by atoms with Crippen LogP contribution in [0.5, 0.6) is 5.75 Å². The molecule has 0 spiro atoms. The number of rotatable bonds is 5. The van der Waals surface area contributed by atoms with Crippen molar-refractivity contribution in [3.63, 3.8) is 0 Å². The van der Waals surface area contributed by atoms with Gasteiger partial charge in [0.1, 0.15) is 5.75 Å². The predicted octanol–water partition coefficient (Wildman–Crippen LogP) is 4.75. The number of benzene rings is 2. The molecule has 3 unspecified atom stereocenters. The number of carbonyl (C=O) groups is 2. The van der Waals surface area contributed by atoms with Crippen molar-refractivity contribution in [2.45, 2.75) is 37.1 Å². The monoisotopic (exact) mass is 470 g/mol. The third-order valence-electron chi connectivity index (χ3n) is 6.24. The zero-order valence-electron chi connectivity index (χ0n) is 18.2. The number of carbonyl (C=O) groups excluding carboxylic acids is 2. The van der Waals surface area contributed by atoms with Gasteiger partial charge in [-0.15, -0.1) is 11.8 Å². The molecule has 7 heteroatoms. The van der Waals surface area contributed by atoms with Crippen LogP contribution in [0.15, 0.2) is 53.4 Å². The number of nitrogens with zero attached hydrogens (tertiary/aromatic N) is 1. The molecule has 32 heavy (non-hydrogen) atoms. The molecular weight excluding hydrogens is 444 g/mol. The summed E-state index contributed by atoms with van der Waals surface area (Å²) >= 11 is 7.84. The van der Waals surface area contributed by atoms with Crippen LogP contribution in [0, 0.1) is 5.92 Å². The third kappa shape index (κ3) is 4.97. The molecule has 0 aromatic heterocycles. The molecule has 1 saturated heterocycles. The molecule has 3 atom stereocenters. The van der Waals surface area contributed by atoms with Gasteiger partial charge in [-0.05, 0) is 54.7 Å². The van der Waals surface area contributed by atoms with Gasteiger partial charge in [-0.2, -0.15) is 0 Å². The summed E-state index contributed by atoms with van der Waals surface area (Å²) in [5, 5.41) is 3.97. The third-order valence-corrected chi connectivity index (χ3v) is 8.00. The van der Waals surface area contributed by atoms with Crippen molar-refractivity contribution in [1.29, 1.82) is 0 Å². The Morgan fingerprint density at radius 3 is 2.84 bits per heavy atom. The molecule has 1 N–H and O–H groups in total. The number of methoxy groups -OCH3 is 1. The highest BCUT2D eigenvalue weighted by Crippen LogP contribution is 2.43. The second-order valence-corrected chi connectivity index (χ2v) is 9.93. The second kappa shape index (κ2) is 10.0. The first-order valence-electron chi connectivity index (χ1n) is 10.8. The Morgan fingerprint density at radius 2 is 2.06 bits per heavy atom. The SMILES string of the molecule is COc1cccc(/C=C2/SC3CCC(C(=O)NCc4ccccc4Cl)CC3N(C)C2=O)c1. The van der Waals surface area contributed by atoms with Gasteiger partial charge in [-0.1, -0.05) is 41.9 Å². The Bertz CT molecular complexity index is 1040. The highest BCUT2D eigenvalue weighted by atomic mass is 35.5. The van der Waals surface area contributed by atoms with Gasteiger partial charge in [0, 0.05) is 35.8 Å². The lowest BCUT2D eigenvalue weighted by Gasteiger charge is -2.44. The van der Waals surface area contributed by atoms with Crippen LogP contribution >= 0.6 is 23.4 Å². The molecule has 2 amide bonds. The molecule has 1 aliphatic heterocycles. The summed E-state index contributed by atoms with van der Waals surface area (Å²) in [6.07, 6.45) is 4.33. The van der Waals surface area contributed by atoms with E-state index in [-0.39, 0.29) is 23.8 Å². The van der Waals surface area contributed by atoms with E-state index < -0.39 is 0 Å². The van der Waals surface area contributed by atoms with Crippen molar-refractivity contribution in [1.82, 2.24) is 10.2 Å². The standard InChI is InChI=1S/C25H27ClN2O3S/c1-28-21-14-17(24(29)27-15-18-7-3-4-9-20(18)26)10-11-22(21)32-23(25(28)30)13-16-6-5-8-19(12-16)31-2/h3-9,12-13,17,21-22H,10-11,14-15H2,1-2H3,(H,27,29)/b23-13+. The Kier molecular flexibility index (Phi) is 7.11. The lowest BCUT2D eigenvalue weighted by molar-refractivity contribution is -0.132. The molecule has 2 fully saturated rings. The maximum atomic E-state index is 13.1. The largest absolute Gasteiger partial charge is 0.497 e. The Hall–Kier alpha value is -2.44. The van der Waals surface area contributed by atoms with E-state index in [0.29, 0.717) is 23.2 Å². The summed E-state index contributed by atoms with van der Waals surface area (Å²) in [4.78, 5) is 28.4. The first-order valence-corrected chi connectivity index (χ1v) is 12.0. The molecule has 2 aromatic rings. The highest BCUT2D eigenvalue weighted by Gasteiger charge is 2.42. The van der Waals surface area contributed by atoms with Gasteiger partial charge in [0.05, 0.1) is 12.0 Å². The van der Waals surface area contributed by atoms with E-state index in [2.05, 4.69) is 5.32 Å². The minimum absolute atomic E-state index is 0.0104. The van der Waals surface area contributed by atoms with E-state index in [1.54, 1.807) is 18.9 Å². The van der Waals surface area contributed by atoms with Crippen molar-refractivity contribution < 1.29 is 14.3 Å². The molecule has 1 aliphatic carbocycles. The quantitative estimate of drug-likeness (QED) is 0.641. The number of likely N-dealkylation sites (N-methyl/N-ethyl adjacent to an activating group) is 1. The van der Waals surface area contributed by atoms with Gasteiger partial charge in [0.2, 0.25) is 5.91 Å². The normalized spacial score (nSPS) is 24.2. The average molecular weight is 471 g/mol. The van der Waals surface area contributed by atoms with Gasteiger partial charge < -0.3 is 15.0 Å². The van der Waals surface area contributed by atoms with Gasteiger partial charge in [0.25, 0.3) is 5.91 Å².